The van der Waals surface area contributed by atoms with Crippen molar-refractivity contribution in [3.8, 4) is 0 Å². The van der Waals surface area contributed by atoms with Crippen LogP contribution in [0, 0.1) is 11.8 Å². The van der Waals surface area contributed by atoms with Gasteiger partial charge in [0.2, 0.25) is 0 Å². The van der Waals surface area contributed by atoms with Crippen molar-refractivity contribution in [3.05, 3.63) is 24.3 Å². The van der Waals surface area contributed by atoms with E-state index in [0.29, 0.717) is 0 Å². The van der Waals surface area contributed by atoms with Gasteiger partial charge in [-0.25, -0.2) is 0 Å². The van der Waals surface area contributed by atoms with E-state index in [-0.39, 0.29) is 17.9 Å². The fraction of sp³-hybridized carbons (Fsp3) is 0.684. The molecule has 6 nitrogen and oxygen atoms in total. The summed E-state index contributed by atoms with van der Waals surface area (Å²) in [6.07, 6.45) is -1.06. The Morgan fingerprint density at radius 2 is 1.80 bits per heavy atom. The smallest absolute Gasteiger partial charge is 0.183 e. The van der Waals surface area contributed by atoms with Gasteiger partial charge in [0, 0.05) is 52.2 Å². The topological polar surface area (TPSA) is 66.0 Å². The van der Waals surface area contributed by atoms with Crippen LogP contribution >= 0.6 is 0 Å². The maximum absolute atomic E-state index is 10.1. The highest BCUT2D eigenvalue weighted by molar-refractivity contribution is 5.54. The number of anilines is 2. The minimum Gasteiger partial charge on any atom is -0.388 e. The third kappa shape index (κ3) is 5.31. The first-order valence-electron chi connectivity index (χ1n) is 9.02. The number of nitrogens with one attached hydrogen (secondary N) is 2. The fourth-order valence-electron chi connectivity index (χ4n) is 3.12. The van der Waals surface area contributed by atoms with Crippen molar-refractivity contribution in [2.45, 2.75) is 32.3 Å². The molecule has 5 atom stereocenters. The molecule has 0 bridgehead atoms. The molecule has 0 spiro atoms. The lowest BCUT2D eigenvalue weighted by Gasteiger charge is -2.42. The largest absolute Gasteiger partial charge is 0.388 e. The molecule has 1 saturated heterocycles. The lowest BCUT2D eigenvalue weighted by Crippen LogP contribution is -2.53. The fourth-order valence-corrected chi connectivity index (χ4v) is 3.12. The average Bonchev–Trinajstić information content (AvgIpc) is 2.61. The summed E-state index contributed by atoms with van der Waals surface area (Å²) in [6.45, 7) is 6.61. The molecule has 25 heavy (non-hydrogen) atoms. The van der Waals surface area contributed by atoms with Gasteiger partial charge in [-0.3, -0.25) is 0 Å². The Hall–Kier alpha value is -1.34. The van der Waals surface area contributed by atoms with Crippen LogP contribution in [-0.2, 0) is 9.47 Å². The van der Waals surface area contributed by atoms with Gasteiger partial charge in [0.05, 0.1) is 6.10 Å². The van der Waals surface area contributed by atoms with Crippen LogP contribution in [0.4, 0.5) is 11.4 Å². The minimum atomic E-state index is -0.567. The standard InChI is InChI=1S/C19H33N3O3/c1-13-14(2)18(23)19(24-5)25-17(13)12-20-10-11-21-15-6-8-16(9-7-15)22(3)4/h6-9,13-14,17-21,23H,10-12H2,1-5H3. The summed E-state index contributed by atoms with van der Waals surface area (Å²) < 4.78 is 11.1. The molecular formula is C19H33N3O3. The summed E-state index contributed by atoms with van der Waals surface area (Å²) >= 11 is 0. The van der Waals surface area contributed by atoms with E-state index in [1.165, 1.54) is 5.69 Å². The highest BCUT2D eigenvalue weighted by Crippen LogP contribution is 2.30. The van der Waals surface area contributed by atoms with E-state index in [0.717, 1.165) is 25.3 Å². The molecule has 6 heteroatoms. The van der Waals surface area contributed by atoms with Crippen LogP contribution in [-0.4, -0.2) is 64.4 Å². The second-order valence-corrected chi connectivity index (χ2v) is 7.06. The SMILES string of the molecule is COC1OC(CNCCNc2ccc(N(C)C)cc2)C(C)C(C)C1O. The zero-order valence-corrected chi connectivity index (χ0v) is 16.0. The van der Waals surface area contributed by atoms with E-state index >= 15 is 0 Å². The molecule has 0 saturated carbocycles. The Balaban J connectivity index is 1.70. The molecule has 1 aliphatic heterocycles. The number of rotatable bonds is 8. The summed E-state index contributed by atoms with van der Waals surface area (Å²) in [5, 5.41) is 17.0. The van der Waals surface area contributed by atoms with E-state index in [9.17, 15) is 5.11 Å². The van der Waals surface area contributed by atoms with E-state index in [1.54, 1.807) is 7.11 Å². The minimum absolute atomic E-state index is 0.0442. The van der Waals surface area contributed by atoms with E-state index in [2.05, 4.69) is 53.6 Å². The molecule has 0 aromatic heterocycles. The molecule has 1 heterocycles. The zero-order valence-electron chi connectivity index (χ0n) is 16.0. The van der Waals surface area contributed by atoms with Gasteiger partial charge >= 0.3 is 0 Å². The molecule has 1 aromatic rings. The Kier molecular flexibility index (Phi) is 7.50. The molecule has 5 unspecified atom stereocenters. The molecule has 142 valence electrons. The number of ether oxygens (including phenoxy) is 2. The number of hydrogen-bond acceptors (Lipinski definition) is 6. The number of aliphatic hydroxyl groups is 1. The normalized spacial score (nSPS) is 29.4. The van der Waals surface area contributed by atoms with Crippen molar-refractivity contribution >= 4 is 11.4 Å². The van der Waals surface area contributed by atoms with Gasteiger partial charge in [-0.05, 0) is 36.1 Å². The van der Waals surface area contributed by atoms with Crippen LogP contribution in [0.15, 0.2) is 24.3 Å². The molecule has 1 aromatic carbocycles. The van der Waals surface area contributed by atoms with Gasteiger partial charge in [-0.1, -0.05) is 13.8 Å². The van der Waals surface area contributed by atoms with Crippen molar-refractivity contribution in [1.29, 1.82) is 0 Å². The predicted molar refractivity (Wildman–Crippen MR) is 102 cm³/mol. The third-order valence-electron chi connectivity index (χ3n) is 5.13. The first-order valence-corrected chi connectivity index (χ1v) is 9.02. The van der Waals surface area contributed by atoms with Crippen molar-refractivity contribution in [3.63, 3.8) is 0 Å². The van der Waals surface area contributed by atoms with Crippen LogP contribution in [0.2, 0.25) is 0 Å². The molecular weight excluding hydrogens is 318 g/mol. The second kappa shape index (κ2) is 9.38. The van der Waals surface area contributed by atoms with Gasteiger partial charge in [0.15, 0.2) is 6.29 Å². The highest BCUT2D eigenvalue weighted by atomic mass is 16.7. The van der Waals surface area contributed by atoms with E-state index < -0.39 is 12.4 Å². The average molecular weight is 351 g/mol. The first-order chi connectivity index (χ1) is 11.9. The van der Waals surface area contributed by atoms with E-state index in [4.69, 9.17) is 9.47 Å². The summed E-state index contributed by atoms with van der Waals surface area (Å²) in [5.74, 6) is 0.430. The summed E-state index contributed by atoms with van der Waals surface area (Å²) in [5.41, 5.74) is 2.31. The molecule has 0 amide bonds. The van der Waals surface area contributed by atoms with Crippen molar-refractivity contribution in [2.24, 2.45) is 11.8 Å². The Morgan fingerprint density at radius 1 is 1.12 bits per heavy atom. The van der Waals surface area contributed by atoms with E-state index in [1.807, 2.05) is 14.1 Å². The third-order valence-corrected chi connectivity index (χ3v) is 5.13. The summed E-state index contributed by atoms with van der Waals surface area (Å²) in [7, 11) is 5.65. The number of aliphatic hydroxyl groups excluding tert-OH is 1. The van der Waals surface area contributed by atoms with Gasteiger partial charge in [0.1, 0.15) is 6.10 Å². The molecule has 0 aliphatic carbocycles. The van der Waals surface area contributed by atoms with Gasteiger partial charge < -0.3 is 30.1 Å². The molecule has 1 aliphatic rings. The Morgan fingerprint density at radius 3 is 2.40 bits per heavy atom. The molecule has 1 fully saturated rings. The lowest BCUT2D eigenvalue weighted by molar-refractivity contribution is -0.259. The number of nitrogens with zero attached hydrogens (tertiary/aromatic N) is 1. The first kappa shape index (κ1) is 20.0. The number of hydrogen-bond donors (Lipinski definition) is 3. The van der Waals surface area contributed by atoms with Gasteiger partial charge in [-0.15, -0.1) is 0 Å². The monoisotopic (exact) mass is 351 g/mol. The molecule has 3 N–H and O–H groups in total. The number of benzene rings is 1. The van der Waals surface area contributed by atoms with Crippen LogP contribution in [0.1, 0.15) is 13.8 Å². The van der Waals surface area contributed by atoms with Crippen LogP contribution in [0.3, 0.4) is 0 Å². The lowest BCUT2D eigenvalue weighted by atomic mass is 9.83. The molecule has 2 rings (SSSR count). The maximum Gasteiger partial charge on any atom is 0.183 e. The van der Waals surface area contributed by atoms with Gasteiger partial charge in [-0.2, -0.15) is 0 Å². The Labute approximate surface area is 151 Å². The highest BCUT2D eigenvalue weighted by Gasteiger charge is 2.40. The maximum atomic E-state index is 10.1. The van der Waals surface area contributed by atoms with Gasteiger partial charge in [0.25, 0.3) is 0 Å². The summed E-state index contributed by atoms with van der Waals surface area (Å²) in [4.78, 5) is 2.09. The number of methoxy groups -OCH3 is 1. The zero-order chi connectivity index (χ0) is 18.4. The van der Waals surface area contributed by atoms with Crippen molar-refractivity contribution < 1.29 is 14.6 Å². The Bertz CT molecular complexity index is 507. The predicted octanol–water partition coefficient (Wildman–Crippen LogP) is 1.76. The van der Waals surface area contributed by atoms with Crippen LogP contribution in [0.5, 0.6) is 0 Å². The van der Waals surface area contributed by atoms with Crippen LogP contribution in [0.25, 0.3) is 0 Å². The van der Waals surface area contributed by atoms with Crippen molar-refractivity contribution in [2.75, 3.05) is 51.1 Å². The molecule has 0 radical (unpaired) electrons. The summed E-state index contributed by atoms with van der Waals surface area (Å²) in [6, 6.07) is 8.39. The van der Waals surface area contributed by atoms with Crippen LogP contribution < -0.4 is 15.5 Å². The second-order valence-electron chi connectivity index (χ2n) is 7.06. The quantitative estimate of drug-likeness (QED) is 0.620. The van der Waals surface area contributed by atoms with Crippen molar-refractivity contribution in [1.82, 2.24) is 5.32 Å².